The maximum absolute atomic E-state index is 16.2. The Balaban J connectivity index is 0.00000329. The Morgan fingerprint density at radius 1 is 1.00 bits per heavy atom. The fourth-order valence-electron chi connectivity index (χ4n) is 6.66. The highest BCUT2D eigenvalue weighted by atomic mass is 35.5. The van der Waals surface area contributed by atoms with Gasteiger partial charge in [0.15, 0.2) is 0 Å². The van der Waals surface area contributed by atoms with Gasteiger partial charge < -0.3 is 20.2 Å². The summed E-state index contributed by atoms with van der Waals surface area (Å²) in [7, 11) is 2.14. The Hall–Kier alpha value is -4.01. The van der Waals surface area contributed by atoms with E-state index in [1.54, 1.807) is 12.1 Å². The zero-order chi connectivity index (χ0) is 29.0. The molecule has 9 heteroatoms. The second-order valence-electron chi connectivity index (χ2n) is 11.6. The number of phenolic OH excluding ortho intramolecular Hbond substituents is 1. The van der Waals surface area contributed by atoms with E-state index in [9.17, 15) is 14.3 Å². The number of piperidine rings is 1. The molecule has 0 saturated carbocycles. The first-order chi connectivity index (χ1) is 20.4. The second kappa shape index (κ2) is 11.6. The van der Waals surface area contributed by atoms with Gasteiger partial charge in [0.2, 0.25) is 0 Å². The van der Waals surface area contributed by atoms with E-state index < -0.39 is 23.6 Å². The van der Waals surface area contributed by atoms with E-state index in [1.807, 2.05) is 36.4 Å². The Kier molecular flexibility index (Phi) is 7.83. The van der Waals surface area contributed by atoms with Crippen LogP contribution < -0.4 is 5.32 Å². The Morgan fingerprint density at radius 3 is 2.49 bits per heavy atom. The summed E-state index contributed by atoms with van der Waals surface area (Å²) in [6.07, 6.45) is 9.92. The van der Waals surface area contributed by atoms with Gasteiger partial charge in [0, 0.05) is 17.7 Å². The van der Waals surface area contributed by atoms with E-state index in [0.717, 1.165) is 32.0 Å². The molecule has 222 valence electrons. The largest absolute Gasteiger partial charge is 0.508 e. The summed E-state index contributed by atoms with van der Waals surface area (Å²) in [5.41, 5.74) is 3.07. The van der Waals surface area contributed by atoms with E-state index in [-0.39, 0.29) is 47.9 Å². The number of carbonyl (C=O) groups excluding carboxylic acids is 1. The van der Waals surface area contributed by atoms with Crippen LogP contribution in [-0.4, -0.2) is 58.9 Å². The zero-order valence-corrected chi connectivity index (χ0v) is 24.5. The lowest BCUT2D eigenvalue weighted by atomic mass is 9.88. The first kappa shape index (κ1) is 29.1. The minimum atomic E-state index is -0.926. The topological polar surface area (TPSA) is 68.2 Å². The number of benzene rings is 3. The van der Waals surface area contributed by atoms with Gasteiger partial charge in [-0.3, -0.25) is 9.79 Å². The second-order valence-corrected chi connectivity index (χ2v) is 11.6. The number of hydrogen-bond acceptors (Lipinski definition) is 5. The van der Waals surface area contributed by atoms with Crippen molar-refractivity contribution in [3.8, 4) is 16.9 Å². The van der Waals surface area contributed by atoms with Gasteiger partial charge in [-0.15, -0.1) is 12.4 Å². The predicted molar refractivity (Wildman–Crippen MR) is 166 cm³/mol. The summed E-state index contributed by atoms with van der Waals surface area (Å²) in [6.45, 7) is 2.23. The number of aromatic hydroxyl groups is 1. The molecule has 1 saturated heterocycles. The van der Waals surface area contributed by atoms with Crippen molar-refractivity contribution in [3.05, 3.63) is 113 Å². The van der Waals surface area contributed by atoms with Crippen molar-refractivity contribution >= 4 is 24.1 Å². The number of carbonyl (C=O) groups is 1. The van der Waals surface area contributed by atoms with Crippen LogP contribution >= 0.6 is 12.4 Å². The summed E-state index contributed by atoms with van der Waals surface area (Å²) in [5.74, 6) is -0.894. The summed E-state index contributed by atoms with van der Waals surface area (Å²) in [4.78, 5) is 22.5. The molecule has 3 heterocycles. The fraction of sp³-hybridized carbons (Fsp3) is 0.294. The highest BCUT2D eigenvalue weighted by Gasteiger charge is 2.42. The van der Waals surface area contributed by atoms with E-state index in [2.05, 4.69) is 29.4 Å². The Labute approximate surface area is 255 Å². The highest BCUT2D eigenvalue weighted by molar-refractivity contribution is 6.04. The number of hydrogen-bond donors (Lipinski definition) is 2. The monoisotopic (exact) mass is 602 g/mol. The number of phenols is 1. The normalized spacial score (nSPS) is 22.1. The fourth-order valence-corrected chi connectivity index (χ4v) is 6.66. The van der Waals surface area contributed by atoms with Crippen molar-refractivity contribution < 1.29 is 18.7 Å². The number of amidine groups is 1. The van der Waals surface area contributed by atoms with Crippen LogP contribution in [-0.2, 0) is 6.54 Å². The van der Waals surface area contributed by atoms with Gasteiger partial charge in [0.1, 0.15) is 29.3 Å². The van der Waals surface area contributed by atoms with Gasteiger partial charge in [-0.1, -0.05) is 60.7 Å². The van der Waals surface area contributed by atoms with Crippen LogP contribution in [0.2, 0.25) is 0 Å². The molecule has 0 spiro atoms. The minimum absolute atomic E-state index is 0. The molecule has 1 amide bonds. The smallest absolute Gasteiger partial charge is 0.258 e. The molecule has 3 aromatic carbocycles. The maximum atomic E-state index is 16.2. The van der Waals surface area contributed by atoms with Crippen LogP contribution in [0.4, 0.5) is 8.78 Å². The molecule has 1 aliphatic carbocycles. The number of nitrogens with zero attached hydrogens (tertiary/aromatic N) is 3. The number of aliphatic imine (C=N–C) groups is 1. The van der Waals surface area contributed by atoms with Gasteiger partial charge in [0.05, 0.1) is 17.6 Å². The van der Waals surface area contributed by atoms with Crippen LogP contribution in [0.3, 0.4) is 0 Å². The van der Waals surface area contributed by atoms with Crippen LogP contribution in [0.25, 0.3) is 11.1 Å². The molecule has 4 aliphatic rings. The quantitative estimate of drug-likeness (QED) is 0.369. The summed E-state index contributed by atoms with van der Waals surface area (Å²) in [6, 6.07) is 13.9. The molecule has 3 unspecified atom stereocenters. The van der Waals surface area contributed by atoms with Crippen molar-refractivity contribution in [2.75, 3.05) is 20.1 Å². The average Bonchev–Trinajstić information content (AvgIpc) is 3.57. The van der Waals surface area contributed by atoms with Gasteiger partial charge in [-0.05, 0) is 73.8 Å². The molecule has 3 aromatic rings. The molecular weight excluding hydrogens is 570 g/mol. The summed E-state index contributed by atoms with van der Waals surface area (Å²) >= 11 is 0. The lowest BCUT2D eigenvalue weighted by molar-refractivity contribution is 0.0741. The number of amides is 1. The molecule has 7 rings (SSSR count). The lowest BCUT2D eigenvalue weighted by Crippen LogP contribution is -2.42. The zero-order valence-electron chi connectivity index (χ0n) is 23.7. The van der Waals surface area contributed by atoms with Gasteiger partial charge in [0.25, 0.3) is 5.91 Å². The molecule has 0 aromatic heterocycles. The maximum Gasteiger partial charge on any atom is 0.258 e. The summed E-state index contributed by atoms with van der Waals surface area (Å²) in [5, 5.41) is 14.1. The third-order valence-corrected chi connectivity index (χ3v) is 9.02. The standard InChI is InChI=1S/C34H32F2N4O2.ClH/c1-39-16-14-21(15-17-39)20-6-8-22(9-7-20)25-12-10-23-19-40(34(42)30(23)31(25)36)32(26-18-24(35)11-13-29(26)41)33-37-27-4-2-3-5-28(27)38-33;/h2-13,18,21,27-28,32,41H,14-17,19H2,1H3,(H,37,38);1H. The van der Waals surface area contributed by atoms with E-state index in [0.29, 0.717) is 28.4 Å². The van der Waals surface area contributed by atoms with Crippen molar-refractivity contribution in [2.45, 2.75) is 43.4 Å². The predicted octanol–water partition coefficient (Wildman–Crippen LogP) is 6.13. The van der Waals surface area contributed by atoms with E-state index in [1.165, 1.54) is 22.6 Å². The number of fused-ring (bicyclic) bond motifs is 2. The minimum Gasteiger partial charge on any atom is -0.508 e. The molecule has 1 fully saturated rings. The van der Waals surface area contributed by atoms with Gasteiger partial charge in [-0.25, -0.2) is 8.78 Å². The van der Waals surface area contributed by atoms with Crippen LogP contribution in [0.15, 0.2) is 83.9 Å². The Morgan fingerprint density at radius 2 is 1.74 bits per heavy atom. The van der Waals surface area contributed by atoms with Crippen LogP contribution in [0.5, 0.6) is 5.75 Å². The van der Waals surface area contributed by atoms with Crippen molar-refractivity contribution in [3.63, 3.8) is 0 Å². The molecule has 0 radical (unpaired) electrons. The molecule has 43 heavy (non-hydrogen) atoms. The first-order valence-corrected chi connectivity index (χ1v) is 14.5. The van der Waals surface area contributed by atoms with Crippen molar-refractivity contribution in [1.29, 1.82) is 0 Å². The SMILES string of the molecule is CN1CCC(c2ccc(-c3ccc4c(c3F)C(=O)N(C(C3=NC5C=CC=CC5N3)c3cc(F)ccc3O)C4)cc2)CC1.Cl. The number of likely N-dealkylation sites (tertiary alicyclic amines) is 1. The van der Waals surface area contributed by atoms with E-state index in [4.69, 9.17) is 4.99 Å². The van der Waals surface area contributed by atoms with Gasteiger partial charge in [-0.2, -0.15) is 0 Å². The van der Waals surface area contributed by atoms with Crippen molar-refractivity contribution in [2.24, 2.45) is 4.99 Å². The third kappa shape index (κ3) is 5.23. The highest BCUT2D eigenvalue weighted by Crippen LogP contribution is 2.40. The van der Waals surface area contributed by atoms with Crippen molar-refractivity contribution in [1.82, 2.24) is 15.1 Å². The molecule has 2 N–H and O–H groups in total. The first-order valence-electron chi connectivity index (χ1n) is 14.5. The third-order valence-electron chi connectivity index (χ3n) is 9.02. The average molecular weight is 603 g/mol. The molecule has 3 aliphatic heterocycles. The van der Waals surface area contributed by atoms with Crippen LogP contribution in [0.1, 0.15) is 51.8 Å². The number of allylic oxidation sites excluding steroid dienone is 2. The number of halogens is 3. The molecule has 6 nitrogen and oxygen atoms in total. The van der Waals surface area contributed by atoms with Crippen LogP contribution in [0, 0.1) is 11.6 Å². The Bertz CT molecular complexity index is 1650. The molecule has 3 atom stereocenters. The lowest BCUT2D eigenvalue weighted by Gasteiger charge is -2.29. The molecular formula is C34H33ClF2N4O2. The number of nitrogens with one attached hydrogen (secondary N) is 1. The number of rotatable bonds is 5. The summed E-state index contributed by atoms with van der Waals surface area (Å²) < 4.78 is 30.6. The van der Waals surface area contributed by atoms with Gasteiger partial charge >= 0.3 is 0 Å². The van der Waals surface area contributed by atoms with E-state index >= 15 is 4.39 Å². The molecule has 0 bridgehead atoms.